The van der Waals surface area contributed by atoms with Gasteiger partial charge in [0.15, 0.2) is 0 Å². The zero-order valence-corrected chi connectivity index (χ0v) is 12.8. The van der Waals surface area contributed by atoms with Crippen molar-refractivity contribution in [2.75, 3.05) is 6.54 Å². The van der Waals surface area contributed by atoms with Gasteiger partial charge in [-0.25, -0.2) is 0 Å². The fourth-order valence-electron chi connectivity index (χ4n) is 1.79. The Hall–Kier alpha value is -1.00. The second-order valence-electron chi connectivity index (χ2n) is 4.17. The molecule has 0 fully saturated rings. The highest BCUT2D eigenvalue weighted by atomic mass is 35.5. The van der Waals surface area contributed by atoms with Gasteiger partial charge in [-0.2, -0.15) is 0 Å². The van der Waals surface area contributed by atoms with E-state index in [4.69, 9.17) is 45.3 Å². The molecule has 0 bridgehead atoms. The minimum Gasteiger partial charge on any atom is -0.487 e. The van der Waals surface area contributed by atoms with E-state index >= 15 is 0 Å². The van der Waals surface area contributed by atoms with Gasteiger partial charge in [0, 0.05) is 23.0 Å². The number of nitrogens with zero attached hydrogens (tertiary/aromatic N) is 1. The molecule has 0 aliphatic rings. The van der Waals surface area contributed by atoms with Crippen molar-refractivity contribution in [3.05, 3.63) is 56.8 Å². The molecule has 1 aromatic carbocycles. The van der Waals surface area contributed by atoms with Crippen molar-refractivity contribution < 1.29 is 4.74 Å². The maximum absolute atomic E-state index is 6.18. The van der Waals surface area contributed by atoms with E-state index in [1.54, 1.807) is 24.5 Å². The zero-order valence-electron chi connectivity index (χ0n) is 10.6. The molecule has 0 saturated carbocycles. The molecule has 0 atom stereocenters. The van der Waals surface area contributed by atoms with Crippen molar-refractivity contribution in [1.82, 2.24) is 4.98 Å². The number of hydrogen-bond acceptors (Lipinski definition) is 3. The molecule has 0 saturated heterocycles. The molecular weight excluding hydrogens is 319 g/mol. The Morgan fingerprint density at radius 2 is 1.90 bits per heavy atom. The molecule has 0 aliphatic heterocycles. The smallest absolute Gasteiger partial charge is 0.141 e. The molecule has 0 radical (unpaired) electrons. The molecule has 6 heteroatoms. The molecule has 20 heavy (non-hydrogen) atoms. The molecule has 1 aromatic heterocycles. The highest BCUT2D eigenvalue weighted by Crippen LogP contribution is 2.33. The Bertz CT molecular complexity index is 605. The van der Waals surface area contributed by atoms with Crippen molar-refractivity contribution in [2.45, 2.75) is 13.0 Å². The van der Waals surface area contributed by atoms with Crippen LogP contribution in [0.3, 0.4) is 0 Å². The van der Waals surface area contributed by atoms with Crippen molar-refractivity contribution in [2.24, 2.45) is 5.73 Å². The van der Waals surface area contributed by atoms with E-state index in [1.807, 2.05) is 6.07 Å². The summed E-state index contributed by atoms with van der Waals surface area (Å²) in [5.74, 6) is 0.592. The highest BCUT2D eigenvalue weighted by molar-refractivity contribution is 6.35. The predicted octanol–water partition coefficient (Wildman–Crippen LogP) is 4.12. The molecule has 2 N–H and O–H groups in total. The lowest BCUT2D eigenvalue weighted by molar-refractivity contribution is 0.303. The highest BCUT2D eigenvalue weighted by Gasteiger charge is 2.11. The predicted molar refractivity (Wildman–Crippen MR) is 82.8 cm³/mol. The SMILES string of the molecule is NCCc1cc(Cl)cc(Cl)c1OCc1ccncc1Cl. The molecule has 0 unspecified atom stereocenters. The van der Waals surface area contributed by atoms with Crippen molar-refractivity contribution >= 4 is 34.8 Å². The molecular formula is C14H13Cl3N2O. The van der Waals surface area contributed by atoms with Crippen molar-refractivity contribution in [3.8, 4) is 5.75 Å². The third-order valence-electron chi connectivity index (χ3n) is 2.73. The van der Waals surface area contributed by atoms with Gasteiger partial charge in [-0.1, -0.05) is 34.8 Å². The summed E-state index contributed by atoms with van der Waals surface area (Å²) in [5, 5.41) is 1.58. The average molecular weight is 332 g/mol. The lowest BCUT2D eigenvalue weighted by atomic mass is 10.1. The van der Waals surface area contributed by atoms with Gasteiger partial charge in [-0.05, 0) is 36.7 Å². The van der Waals surface area contributed by atoms with Crippen molar-refractivity contribution in [3.63, 3.8) is 0 Å². The molecule has 0 aliphatic carbocycles. The first-order valence-electron chi connectivity index (χ1n) is 6.01. The number of rotatable bonds is 5. The normalized spacial score (nSPS) is 10.6. The van der Waals surface area contributed by atoms with Gasteiger partial charge >= 0.3 is 0 Å². The summed E-state index contributed by atoms with van der Waals surface area (Å²) in [6.45, 7) is 0.795. The van der Waals surface area contributed by atoms with Crippen LogP contribution >= 0.6 is 34.8 Å². The number of aromatic nitrogens is 1. The van der Waals surface area contributed by atoms with E-state index in [1.165, 1.54) is 0 Å². The zero-order chi connectivity index (χ0) is 14.5. The number of pyridine rings is 1. The second kappa shape index (κ2) is 7.14. The number of ether oxygens (including phenoxy) is 1. The Morgan fingerprint density at radius 1 is 1.10 bits per heavy atom. The van der Waals surface area contributed by atoms with E-state index in [9.17, 15) is 0 Å². The number of hydrogen-bond donors (Lipinski definition) is 1. The first kappa shape index (κ1) is 15.4. The van der Waals surface area contributed by atoms with Crippen LogP contribution in [0.25, 0.3) is 0 Å². The monoisotopic (exact) mass is 330 g/mol. The number of nitrogens with two attached hydrogens (primary N) is 1. The van der Waals surface area contributed by atoms with Crippen LogP contribution in [-0.4, -0.2) is 11.5 Å². The second-order valence-corrected chi connectivity index (χ2v) is 5.42. The molecule has 2 aromatic rings. The Balaban J connectivity index is 2.22. The standard InChI is InChI=1S/C14H13Cl3N2O/c15-11-5-9(1-3-18)14(12(16)6-11)20-8-10-2-4-19-7-13(10)17/h2,4-7H,1,3,8,18H2. The van der Waals surface area contributed by atoms with E-state index in [0.717, 1.165) is 11.1 Å². The van der Waals surface area contributed by atoms with Gasteiger partial charge in [0.05, 0.1) is 10.0 Å². The lowest BCUT2D eigenvalue weighted by Gasteiger charge is -2.14. The minimum atomic E-state index is 0.306. The van der Waals surface area contributed by atoms with Crippen LogP contribution < -0.4 is 10.5 Å². The summed E-state index contributed by atoms with van der Waals surface area (Å²) < 4.78 is 5.78. The summed E-state index contributed by atoms with van der Waals surface area (Å²) in [6.07, 6.45) is 3.87. The minimum absolute atomic E-state index is 0.306. The van der Waals surface area contributed by atoms with E-state index < -0.39 is 0 Å². The van der Waals surface area contributed by atoms with E-state index in [-0.39, 0.29) is 0 Å². The molecule has 0 amide bonds. The van der Waals surface area contributed by atoms with E-state index in [2.05, 4.69) is 4.98 Å². The molecule has 1 heterocycles. The van der Waals surface area contributed by atoms with Gasteiger partial charge in [0.2, 0.25) is 0 Å². The van der Waals surface area contributed by atoms with Gasteiger partial charge in [0.25, 0.3) is 0 Å². The quantitative estimate of drug-likeness (QED) is 0.896. The lowest BCUT2D eigenvalue weighted by Crippen LogP contribution is -2.06. The van der Waals surface area contributed by atoms with Crippen LogP contribution in [0.4, 0.5) is 0 Å². The molecule has 2 rings (SSSR count). The number of benzene rings is 1. The topological polar surface area (TPSA) is 48.1 Å². The van der Waals surface area contributed by atoms with Crippen LogP contribution in [0.5, 0.6) is 5.75 Å². The van der Waals surface area contributed by atoms with Crippen LogP contribution in [0, 0.1) is 0 Å². The summed E-state index contributed by atoms with van der Waals surface area (Å²) in [7, 11) is 0. The number of halogens is 3. The first-order chi connectivity index (χ1) is 9.61. The van der Waals surface area contributed by atoms with Crippen LogP contribution in [0.15, 0.2) is 30.6 Å². The maximum Gasteiger partial charge on any atom is 0.141 e. The van der Waals surface area contributed by atoms with Gasteiger partial charge in [-0.15, -0.1) is 0 Å². The van der Waals surface area contributed by atoms with Gasteiger partial charge in [0.1, 0.15) is 12.4 Å². The third-order valence-corrected chi connectivity index (χ3v) is 3.57. The molecule has 106 valence electrons. The van der Waals surface area contributed by atoms with Crippen LogP contribution in [0.1, 0.15) is 11.1 Å². The summed E-state index contributed by atoms with van der Waals surface area (Å²) in [5.41, 5.74) is 7.31. The van der Waals surface area contributed by atoms with Crippen LogP contribution in [-0.2, 0) is 13.0 Å². The Kier molecular flexibility index (Phi) is 5.49. The van der Waals surface area contributed by atoms with E-state index in [0.29, 0.717) is 40.4 Å². The van der Waals surface area contributed by atoms with Gasteiger partial charge < -0.3 is 10.5 Å². The molecule has 3 nitrogen and oxygen atoms in total. The average Bonchev–Trinajstić information content (AvgIpc) is 2.40. The Labute approximate surface area is 132 Å². The fraction of sp³-hybridized carbons (Fsp3) is 0.214. The largest absolute Gasteiger partial charge is 0.487 e. The fourth-order valence-corrected chi connectivity index (χ4v) is 2.55. The third kappa shape index (κ3) is 3.76. The summed E-state index contributed by atoms with van der Waals surface area (Å²) in [4.78, 5) is 3.93. The Morgan fingerprint density at radius 3 is 2.60 bits per heavy atom. The molecule has 0 spiro atoms. The van der Waals surface area contributed by atoms with Crippen LogP contribution in [0.2, 0.25) is 15.1 Å². The first-order valence-corrected chi connectivity index (χ1v) is 7.14. The summed E-state index contributed by atoms with van der Waals surface area (Å²) in [6, 6.07) is 5.26. The van der Waals surface area contributed by atoms with Crippen molar-refractivity contribution in [1.29, 1.82) is 0 Å². The van der Waals surface area contributed by atoms with Gasteiger partial charge in [-0.3, -0.25) is 4.98 Å². The maximum atomic E-state index is 6.18. The summed E-state index contributed by atoms with van der Waals surface area (Å²) >= 11 is 18.2.